The van der Waals surface area contributed by atoms with Gasteiger partial charge in [0.15, 0.2) is 0 Å². The Morgan fingerprint density at radius 3 is 2.65 bits per heavy atom. The van der Waals surface area contributed by atoms with E-state index < -0.39 is 33.9 Å². The maximum atomic E-state index is 12.7. The first-order chi connectivity index (χ1) is 12.4. The van der Waals surface area contributed by atoms with Crippen LogP contribution < -0.4 is 5.32 Å². The first-order valence-electron chi connectivity index (χ1n) is 8.43. The van der Waals surface area contributed by atoms with Crippen LogP contribution in [-0.4, -0.2) is 60.8 Å². The molecular formula is C17H24N2O5S2. The van der Waals surface area contributed by atoms with Gasteiger partial charge in [-0.05, 0) is 43.4 Å². The number of carboxylic acid groups (broad SMARTS) is 1. The van der Waals surface area contributed by atoms with Crippen LogP contribution in [0.4, 0.5) is 0 Å². The van der Waals surface area contributed by atoms with E-state index in [0.29, 0.717) is 31.6 Å². The largest absolute Gasteiger partial charge is 0.480 e. The highest BCUT2D eigenvalue weighted by atomic mass is 32.2. The van der Waals surface area contributed by atoms with Gasteiger partial charge in [0.05, 0.1) is 10.8 Å². The van der Waals surface area contributed by atoms with E-state index in [4.69, 9.17) is 0 Å². The van der Waals surface area contributed by atoms with Gasteiger partial charge < -0.3 is 10.4 Å². The zero-order valence-corrected chi connectivity index (χ0v) is 16.3. The molecule has 0 spiro atoms. The monoisotopic (exact) mass is 400 g/mol. The molecule has 1 fully saturated rings. The third-order valence-electron chi connectivity index (χ3n) is 4.36. The standard InChI is InChI=1S/C17H24N2O5S2/c1-25-11-9-15(17(21)22)18-16(20)13-6-5-10-19(12-13)26(23,24)14-7-3-2-4-8-14/h2-4,7-8,13,15H,5-6,9-12H2,1H3,(H,18,20)(H,21,22)/t13?,15-/m0/s1. The van der Waals surface area contributed by atoms with Gasteiger partial charge in [-0.3, -0.25) is 4.79 Å². The third kappa shape index (κ3) is 5.21. The summed E-state index contributed by atoms with van der Waals surface area (Å²) in [6.45, 7) is 0.424. The minimum absolute atomic E-state index is 0.0674. The second-order valence-electron chi connectivity index (χ2n) is 6.20. The number of benzene rings is 1. The molecule has 26 heavy (non-hydrogen) atoms. The Morgan fingerprint density at radius 1 is 1.35 bits per heavy atom. The van der Waals surface area contributed by atoms with Gasteiger partial charge in [-0.25, -0.2) is 13.2 Å². The van der Waals surface area contributed by atoms with Crippen molar-refractivity contribution in [3.8, 4) is 0 Å². The fourth-order valence-electron chi connectivity index (χ4n) is 2.90. The van der Waals surface area contributed by atoms with E-state index in [1.54, 1.807) is 18.2 Å². The molecule has 0 bridgehead atoms. The summed E-state index contributed by atoms with van der Waals surface area (Å²) < 4.78 is 26.8. The molecule has 1 aromatic carbocycles. The highest BCUT2D eigenvalue weighted by Gasteiger charge is 2.34. The van der Waals surface area contributed by atoms with Gasteiger partial charge in [-0.15, -0.1) is 0 Å². The maximum Gasteiger partial charge on any atom is 0.326 e. The molecule has 7 nitrogen and oxygen atoms in total. The van der Waals surface area contributed by atoms with Crippen molar-refractivity contribution >= 4 is 33.7 Å². The first-order valence-corrected chi connectivity index (χ1v) is 11.3. The van der Waals surface area contributed by atoms with Crippen LogP contribution in [0.3, 0.4) is 0 Å². The smallest absolute Gasteiger partial charge is 0.326 e. The number of thioether (sulfide) groups is 1. The van der Waals surface area contributed by atoms with Crippen molar-refractivity contribution in [3.05, 3.63) is 30.3 Å². The predicted octanol–water partition coefficient (Wildman–Crippen LogP) is 1.41. The van der Waals surface area contributed by atoms with E-state index >= 15 is 0 Å². The number of amides is 1. The van der Waals surface area contributed by atoms with Crippen LogP contribution in [0.25, 0.3) is 0 Å². The van der Waals surface area contributed by atoms with E-state index in [2.05, 4.69) is 5.32 Å². The van der Waals surface area contributed by atoms with E-state index in [1.165, 1.54) is 28.2 Å². The fourth-order valence-corrected chi connectivity index (χ4v) is 4.92. The van der Waals surface area contributed by atoms with E-state index in [0.717, 1.165) is 0 Å². The molecule has 1 amide bonds. The molecule has 1 unspecified atom stereocenters. The molecular weight excluding hydrogens is 376 g/mol. The van der Waals surface area contributed by atoms with Crippen LogP contribution in [0.2, 0.25) is 0 Å². The Balaban J connectivity index is 2.05. The van der Waals surface area contributed by atoms with Gasteiger partial charge in [0, 0.05) is 13.1 Å². The van der Waals surface area contributed by atoms with Gasteiger partial charge in [0.2, 0.25) is 15.9 Å². The number of piperidine rings is 1. The van der Waals surface area contributed by atoms with Gasteiger partial charge >= 0.3 is 5.97 Å². The molecule has 1 heterocycles. The average molecular weight is 401 g/mol. The quantitative estimate of drug-likeness (QED) is 0.684. The molecule has 2 N–H and O–H groups in total. The Labute approximate surface area is 158 Å². The van der Waals surface area contributed by atoms with Crippen LogP contribution in [0, 0.1) is 5.92 Å². The van der Waals surface area contributed by atoms with E-state index in [-0.39, 0.29) is 11.4 Å². The first kappa shape index (κ1) is 20.7. The second-order valence-corrected chi connectivity index (χ2v) is 9.12. The van der Waals surface area contributed by atoms with Crippen molar-refractivity contribution in [1.29, 1.82) is 0 Å². The van der Waals surface area contributed by atoms with Crippen molar-refractivity contribution in [2.24, 2.45) is 5.92 Å². The number of hydrogen-bond acceptors (Lipinski definition) is 5. The third-order valence-corrected chi connectivity index (χ3v) is 6.88. The Hall–Kier alpha value is -1.58. The molecule has 1 saturated heterocycles. The van der Waals surface area contributed by atoms with Crippen molar-refractivity contribution in [3.63, 3.8) is 0 Å². The summed E-state index contributed by atoms with van der Waals surface area (Å²) in [6.07, 6.45) is 3.31. The number of carbonyl (C=O) groups is 2. The van der Waals surface area contributed by atoms with Crippen molar-refractivity contribution in [2.45, 2.75) is 30.2 Å². The lowest BCUT2D eigenvalue weighted by molar-refractivity contribution is -0.142. The number of aliphatic carboxylic acids is 1. The van der Waals surface area contributed by atoms with Crippen LogP contribution in [0.15, 0.2) is 35.2 Å². The Morgan fingerprint density at radius 2 is 2.04 bits per heavy atom. The molecule has 1 aromatic rings. The summed E-state index contributed by atoms with van der Waals surface area (Å²) in [4.78, 5) is 24.0. The van der Waals surface area contributed by atoms with Crippen LogP contribution in [0.1, 0.15) is 19.3 Å². The SMILES string of the molecule is CSCC[C@H](NC(=O)C1CCCN(S(=O)(=O)c2ccccc2)C1)C(=O)O. The van der Waals surface area contributed by atoms with Gasteiger partial charge in [0.25, 0.3) is 0 Å². The van der Waals surface area contributed by atoms with E-state index in [9.17, 15) is 23.1 Å². The number of hydrogen-bond donors (Lipinski definition) is 2. The highest BCUT2D eigenvalue weighted by Crippen LogP contribution is 2.24. The highest BCUT2D eigenvalue weighted by molar-refractivity contribution is 7.98. The van der Waals surface area contributed by atoms with Crippen LogP contribution in [0.5, 0.6) is 0 Å². The van der Waals surface area contributed by atoms with Gasteiger partial charge in [0.1, 0.15) is 6.04 Å². The Bertz CT molecular complexity index is 724. The second kappa shape index (κ2) is 9.38. The molecule has 0 aliphatic carbocycles. The van der Waals surface area contributed by atoms with Crippen molar-refractivity contribution in [1.82, 2.24) is 9.62 Å². The fraction of sp³-hybridized carbons (Fsp3) is 0.529. The lowest BCUT2D eigenvalue weighted by Crippen LogP contribution is -2.49. The van der Waals surface area contributed by atoms with Gasteiger partial charge in [-0.1, -0.05) is 18.2 Å². The number of nitrogens with zero attached hydrogens (tertiary/aromatic N) is 1. The van der Waals surface area contributed by atoms with E-state index in [1.807, 2.05) is 6.26 Å². The summed E-state index contributed by atoms with van der Waals surface area (Å²) in [5, 5.41) is 11.8. The Kier molecular flexibility index (Phi) is 7.48. The molecule has 0 radical (unpaired) electrons. The molecule has 144 valence electrons. The average Bonchev–Trinajstić information content (AvgIpc) is 2.65. The molecule has 1 aliphatic rings. The number of carbonyl (C=O) groups excluding carboxylic acids is 1. The summed E-state index contributed by atoms with van der Waals surface area (Å²) in [6, 6.07) is 7.17. The number of carboxylic acids is 1. The number of rotatable bonds is 8. The summed E-state index contributed by atoms with van der Waals surface area (Å²) >= 11 is 1.51. The summed E-state index contributed by atoms with van der Waals surface area (Å²) in [7, 11) is -3.65. The molecule has 9 heteroatoms. The summed E-state index contributed by atoms with van der Waals surface area (Å²) in [5.74, 6) is -1.39. The zero-order chi connectivity index (χ0) is 19.2. The topological polar surface area (TPSA) is 104 Å². The van der Waals surface area contributed by atoms with Crippen molar-refractivity contribution in [2.75, 3.05) is 25.1 Å². The molecule has 0 aromatic heterocycles. The minimum atomic E-state index is -3.65. The molecule has 0 saturated carbocycles. The van der Waals surface area contributed by atoms with Gasteiger partial charge in [-0.2, -0.15) is 16.1 Å². The van der Waals surface area contributed by atoms with Crippen LogP contribution >= 0.6 is 11.8 Å². The molecule has 1 aliphatic heterocycles. The molecule has 2 rings (SSSR count). The minimum Gasteiger partial charge on any atom is -0.480 e. The zero-order valence-electron chi connectivity index (χ0n) is 14.6. The lowest BCUT2D eigenvalue weighted by Gasteiger charge is -2.31. The lowest BCUT2D eigenvalue weighted by atomic mass is 9.98. The maximum absolute atomic E-state index is 12.7. The summed E-state index contributed by atoms with van der Waals surface area (Å²) in [5.41, 5.74) is 0. The molecule has 2 atom stereocenters. The number of sulfonamides is 1. The van der Waals surface area contributed by atoms with Crippen molar-refractivity contribution < 1.29 is 23.1 Å². The van der Waals surface area contributed by atoms with Crippen LogP contribution in [-0.2, 0) is 19.6 Å². The normalized spacial score (nSPS) is 19.7. The predicted molar refractivity (Wildman–Crippen MR) is 100 cm³/mol. The number of nitrogens with one attached hydrogen (secondary N) is 1.